The fraction of sp³-hybridized carbons (Fsp3) is 0.750. The molecule has 0 bridgehead atoms. The Bertz CT molecular complexity index is 262. The number of aliphatic hydroxyl groups excluding tert-OH is 1. The summed E-state index contributed by atoms with van der Waals surface area (Å²) in [6, 6.07) is 0.0624. The zero-order valence-corrected chi connectivity index (χ0v) is 8.93. The Balaban J connectivity index is 2.56. The van der Waals surface area contributed by atoms with Gasteiger partial charge in [-0.2, -0.15) is 0 Å². The molecule has 1 aromatic heterocycles. The van der Waals surface area contributed by atoms with Gasteiger partial charge in [-0.05, 0) is 12.8 Å². The van der Waals surface area contributed by atoms with Crippen LogP contribution in [0.3, 0.4) is 0 Å². The number of nitrogens with zero attached hydrogens (tertiary/aromatic N) is 2. The van der Waals surface area contributed by atoms with Crippen LogP contribution in [0.4, 0.5) is 5.13 Å². The molecule has 0 aromatic carbocycles. The maximum absolute atomic E-state index is 9.06. The minimum atomic E-state index is 0.0624. The molecule has 1 atom stereocenters. The van der Waals surface area contributed by atoms with Gasteiger partial charge in [0.2, 0.25) is 5.13 Å². The molecule has 0 saturated heterocycles. The second-order valence-electron chi connectivity index (χ2n) is 3.30. The SMILES string of the molecule is Cc1nnc(NC(CO)C(C)C)s1. The van der Waals surface area contributed by atoms with Crippen molar-refractivity contribution in [2.24, 2.45) is 5.92 Å². The highest BCUT2D eigenvalue weighted by atomic mass is 32.1. The summed E-state index contributed by atoms with van der Waals surface area (Å²) in [7, 11) is 0. The molecule has 0 aliphatic heterocycles. The first-order valence-electron chi connectivity index (χ1n) is 4.31. The second kappa shape index (κ2) is 4.53. The number of hydrogen-bond donors (Lipinski definition) is 2. The minimum absolute atomic E-state index is 0.0624. The van der Waals surface area contributed by atoms with Crippen LogP contribution in [0.5, 0.6) is 0 Å². The normalized spacial score (nSPS) is 13.3. The van der Waals surface area contributed by atoms with E-state index in [4.69, 9.17) is 5.11 Å². The van der Waals surface area contributed by atoms with Gasteiger partial charge in [-0.3, -0.25) is 0 Å². The first kappa shape index (κ1) is 10.4. The van der Waals surface area contributed by atoms with Crippen LogP contribution in [0, 0.1) is 12.8 Å². The van der Waals surface area contributed by atoms with E-state index < -0.39 is 0 Å². The van der Waals surface area contributed by atoms with E-state index in [1.54, 1.807) is 0 Å². The summed E-state index contributed by atoms with van der Waals surface area (Å²) in [6.45, 7) is 6.14. The van der Waals surface area contributed by atoms with Gasteiger partial charge in [-0.15, -0.1) is 10.2 Å². The largest absolute Gasteiger partial charge is 0.394 e. The summed E-state index contributed by atoms with van der Waals surface area (Å²) in [4.78, 5) is 0. The molecule has 0 radical (unpaired) electrons. The van der Waals surface area contributed by atoms with E-state index in [1.165, 1.54) is 11.3 Å². The summed E-state index contributed by atoms with van der Waals surface area (Å²) in [6.07, 6.45) is 0. The van der Waals surface area contributed by atoms with Gasteiger partial charge in [0.1, 0.15) is 5.01 Å². The Hall–Kier alpha value is -0.680. The molecule has 4 nitrogen and oxygen atoms in total. The molecule has 1 aromatic rings. The fourth-order valence-corrected chi connectivity index (χ4v) is 1.59. The molecule has 13 heavy (non-hydrogen) atoms. The van der Waals surface area contributed by atoms with Crippen molar-refractivity contribution in [3.05, 3.63) is 5.01 Å². The van der Waals surface area contributed by atoms with Gasteiger partial charge in [0.05, 0.1) is 12.6 Å². The Morgan fingerprint density at radius 1 is 1.46 bits per heavy atom. The number of hydrogen-bond acceptors (Lipinski definition) is 5. The second-order valence-corrected chi connectivity index (χ2v) is 4.49. The van der Waals surface area contributed by atoms with Crippen molar-refractivity contribution in [3.8, 4) is 0 Å². The number of aryl methyl sites for hydroxylation is 1. The average Bonchev–Trinajstić information content (AvgIpc) is 2.46. The number of aromatic nitrogens is 2. The van der Waals surface area contributed by atoms with E-state index in [0.29, 0.717) is 5.92 Å². The molecule has 1 heterocycles. The van der Waals surface area contributed by atoms with Crippen LogP contribution in [0.25, 0.3) is 0 Å². The summed E-state index contributed by atoms with van der Waals surface area (Å²) < 4.78 is 0. The van der Waals surface area contributed by atoms with Gasteiger partial charge in [0.15, 0.2) is 0 Å². The molecule has 1 unspecified atom stereocenters. The van der Waals surface area contributed by atoms with Crippen molar-refractivity contribution in [2.45, 2.75) is 26.8 Å². The monoisotopic (exact) mass is 201 g/mol. The molecule has 74 valence electrons. The van der Waals surface area contributed by atoms with Crippen LogP contribution in [0.1, 0.15) is 18.9 Å². The lowest BCUT2D eigenvalue weighted by Gasteiger charge is -2.18. The Morgan fingerprint density at radius 3 is 2.54 bits per heavy atom. The van der Waals surface area contributed by atoms with Gasteiger partial charge in [-0.25, -0.2) is 0 Å². The molecule has 0 saturated carbocycles. The summed E-state index contributed by atoms with van der Waals surface area (Å²) >= 11 is 1.50. The number of nitrogens with one attached hydrogen (secondary N) is 1. The first-order chi connectivity index (χ1) is 6.13. The third-order valence-corrected chi connectivity index (χ3v) is 2.61. The van der Waals surface area contributed by atoms with Crippen LogP contribution in [-0.4, -0.2) is 28.0 Å². The van der Waals surface area contributed by atoms with E-state index in [9.17, 15) is 0 Å². The van der Waals surface area contributed by atoms with Gasteiger partial charge >= 0.3 is 0 Å². The van der Waals surface area contributed by atoms with E-state index in [-0.39, 0.29) is 12.6 Å². The van der Waals surface area contributed by atoms with Crippen molar-refractivity contribution < 1.29 is 5.11 Å². The predicted octanol–water partition coefficient (Wildman–Crippen LogP) is 1.28. The molecular formula is C8H15N3OS. The summed E-state index contributed by atoms with van der Waals surface area (Å²) in [5.74, 6) is 0.384. The van der Waals surface area contributed by atoms with Crippen LogP contribution in [0.2, 0.25) is 0 Å². The Labute approximate surface area is 82.0 Å². The number of rotatable bonds is 4. The highest BCUT2D eigenvalue weighted by Gasteiger charge is 2.13. The van der Waals surface area contributed by atoms with Gasteiger partial charge in [-0.1, -0.05) is 25.2 Å². The Kier molecular flexibility index (Phi) is 3.62. The van der Waals surface area contributed by atoms with Gasteiger partial charge < -0.3 is 10.4 Å². The maximum Gasteiger partial charge on any atom is 0.205 e. The fourth-order valence-electron chi connectivity index (χ4n) is 0.937. The average molecular weight is 201 g/mol. The summed E-state index contributed by atoms with van der Waals surface area (Å²) in [5.41, 5.74) is 0. The van der Waals surface area contributed by atoms with Crippen molar-refractivity contribution in [1.29, 1.82) is 0 Å². The molecule has 0 aliphatic rings. The number of anilines is 1. The standard InChI is InChI=1S/C8H15N3OS/c1-5(2)7(4-12)9-8-11-10-6(3)13-8/h5,7,12H,4H2,1-3H3,(H,9,11). The van der Waals surface area contributed by atoms with Crippen LogP contribution in [0.15, 0.2) is 0 Å². The van der Waals surface area contributed by atoms with Crippen molar-refractivity contribution >= 4 is 16.5 Å². The first-order valence-corrected chi connectivity index (χ1v) is 5.12. The van der Waals surface area contributed by atoms with E-state index >= 15 is 0 Å². The molecule has 0 fully saturated rings. The molecule has 0 spiro atoms. The highest BCUT2D eigenvalue weighted by Crippen LogP contribution is 2.16. The van der Waals surface area contributed by atoms with Crippen LogP contribution >= 0.6 is 11.3 Å². The lowest BCUT2D eigenvalue weighted by molar-refractivity contribution is 0.249. The zero-order chi connectivity index (χ0) is 9.84. The van der Waals surface area contributed by atoms with Crippen LogP contribution in [-0.2, 0) is 0 Å². The Morgan fingerprint density at radius 2 is 2.15 bits per heavy atom. The predicted molar refractivity (Wildman–Crippen MR) is 54.0 cm³/mol. The third-order valence-electron chi connectivity index (χ3n) is 1.84. The lowest BCUT2D eigenvalue weighted by atomic mass is 10.1. The molecule has 0 amide bonds. The quantitative estimate of drug-likeness (QED) is 0.770. The van der Waals surface area contributed by atoms with Gasteiger partial charge in [0, 0.05) is 0 Å². The van der Waals surface area contributed by atoms with Crippen molar-refractivity contribution in [2.75, 3.05) is 11.9 Å². The minimum Gasteiger partial charge on any atom is -0.394 e. The number of aliphatic hydroxyl groups is 1. The van der Waals surface area contributed by atoms with Gasteiger partial charge in [0.25, 0.3) is 0 Å². The molecular weight excluding hydrogens is 186 g/mol. The van der Waals surface area contributed by atoms with E-state index in [1.807, 2.05) is 6.92 Å². The lowest BCUT2D eigenvalue weighted by Crippen LogP contribution is -2.29. The topological polar surface area (TPSA) is 58.0 Å². The third kappa shape index (κ3) is 2.93. The molecule has 1 rings (SSSR count). The van der Waals surface area contributed by atoms with E-state index in [0.717, 1.165) is 10.1 Å². The zero-order valence-electron chi connectivity index (χ0n) is 8.11. The summed E-state index contributed by atoms with van der Waals surface area (Å²) in [5, 5.41) is 21.7. The molecule has 2 N–H and O–H groups in total. The highest BCUT2D eigenvalue weighted by molar-refractivity contribution is 7.15. The van der Waals surface area contributed by atoms with Crippen molar-refractivity contribution in [3.63, 3.8) is 0 Å². The smallest absolute Gasteiger partial charge is 0.205 e. The van der Waals surface area contributed by atoms with Crippen molar-refractivity contribution in [1.82, 2.24) is 10.2 Å². The van der Waals surface area contributed by atoms with Crippen LogP contribution < -0.4 is 5.32 Å². The molecule has 5 heteroatoms. The maximum atomic E-state index is 9.06. The van der Waals surface area contributed by atoms with E-state index in [2.05, 4.69) is 29.4 Å². The molecule has 0 aliphatic carbocycles.